The smallest absolute Gasteiger partial charge is 0.320 e. The minimum absolute atomic E-state index is 0.161. The van der Waals surface area contributed by atoms with E-state index in [2.05, 4.69) is 18.6 Å². The van der Waals surface area contributed by atoms with Gasteiger partial charge in [0, 0.05) is 48.7 Å². The highest BCUT2D eigenvalue weighted by atomic mass is 32.2. The number of aromatic nitrogens is 2. The zero-order valence-electron chi connectivity index (χ0n) is 30.8. The topological polar surface area (TPSA) is 139 Å². The van der Waals surface area contributed by atoms with Crippen molar-refractivity contribution >= 4 is 50.0 Å². The van der Waals surface area contributed by atoms with Crippen molar-refractivity contribution in [3.05, 3.63) is 51.9 Å². The van der Waals surface area contributed by atoms with Gasteiger partial charge in [0.1, 0.15) is 11.9 Å². The van der Waals surface area contributed by atoms with Gasteiger partial charge in [-0.05, 0) is 75.5 Å². The number of urea groups is 1. The van der Waals surface area contributed by atoms with Crippen molar-refractivity contribution in [3.8, 4) is 17.1 Å². The molecule has 4 heterocycles. The second kappa shape index (κ2) is 13.9. The Morgan fingerprint density at radius 3 is 2.60 bits per heavy atom. The number of pyridine rings is 1. The Balaban J connectivity index is 1.23. The summed E-state index contributed by atoms with van der Waals surface area (Å²) < 4.78 is 34.9. The zero-order valence-corrected chi connectivity index (χ0v) is 32.5. The molecule has 13 heteroatoms. The molecule has 2 aromatic heterocycles. The Morgan fingerprint density at radius 1 is 1.12 bits per heavy atom. The van der Waals surface area contributed by atoms with Crippen molar-refractivity contribution in [1.29, 1.82) is 0 Å². The lowest BCUT2D eigenvalue weighted by molar-refractivity contribution is -0.132. The van der Waals surface area contributed by atoms with Gasteiger partial charge in [-0.25, -0.2) is 23.2 Å². The number of carbonyl (C=O) groups excluding carboxylic acids is 3. The molecule has 3 aromatic rings. The molecule has 4 aliphatic rings. The number of aryl methyl sites for hydroxylation is 2. The number of sulfonamides is 1. The average Bonchev–Trinajstić information content (AvgIpc) is 3.99. The maximum absolute atomic E-state index is 14.5. The molecule has 1 N–H and O–H groups in total. The number of fused-ring (bicyclic) bond motifs is 3. The van der Waals surface area contributed by atoms with Gasteiger partial charge < -0.3 is 14.5 Å². The third-order valence-corrected chi connectivity index (χ3v) is 14.4. The molecule has 2 saturated carbocycles. The number of rotatable bonds is 7. The molecule has 52 heavy (non-hydrogen) atoms. The van der Waals surface area contributed by atoms with Gasteiger partial charge in [-0.3, -0.25) is 14.3 Å². The number of ketones is 1. The molecule has 5 atom stereocenters. The van der Waals surface area contributed by atoms with Gasteiger partial charge >= 0.3 is 6.03 Å². The van der Waals surface area contributed by atoms with E-state index in [1.54, 1.807) is 28.2 Å². The molecular weight excluding hydrogens is 699 g/mol. The lowest BCUT2D eigenvalue weighted by Gasteiger charge is -2.31. The maximum atomic E-state index is 14.5. The van der Waals surface area contributed by atoms with Crippen LogP contribution >= 0.6 is 11.3 Å². The lowest BCUT2D eigenvalue weighted by atomic mass is 9.87. The highest BCUT2D eigenvalue weighted by molar-refractivity contribution is 7.90. The molecule has 0 unspecified atom stereocenters. The van der Waals surface area contributed by atoms with Crippen LogP contribution in [0.3, 0.4) is 0 Å². The SMILES string of the molecule is Cc1ccc2c(O[C@H]3CN4C(=O)N(C)CCCC/C=C\[C@@H]5C[C@@]5(C(=O)NS(=O)(=O)C5CC5)CC(=O)[C@@H]4[C@@H]3C)cc(-c3csc(C(C)C)n3)nc2c1C. The molecule has 0 radical (unpaired) electrons. The molecule has 0 spiro atoms. The summed E-state index contributed by atoms with van der Waals surface area (Å²) in [5.74, 6) is -0.671. The minimum Gasteiger partial charge on any atom is -0.487 e. The van der Waals surface area contributed by atoms with E-state index in [1.807, 2.05) is 56.5 Å². The summed E-state index contributed by atoms with van der Waals surface area (Å²) in [6, 6.07) is 4.83. The molecule has 0 bridgehead atoms. The van der Waals surface area contributed by atoms with Crippen LogP contribution in [0.25, 0.3) is 22.3 Å². The molecular formula is C39H49N5O6S2. The number of nitrogens with one attached hydrogen (secondary N) is 1. The van der Waals surface area contributed by atoms with E-state index in [1.165, 1.54) is 0 Å². The van der Waals surface area contributed by atoms with Gasteiger partial charge in [-0.15, -0.1) is 11.3 Å². The van der Waals surface area contributed by atoms with Crippen LogP contribution in [-0.4, -0.2) is 83.4 Å². The third kappa shape index (κ3) is 6.86. The fraction of sp³-hybridized carbons (Fsp3) is 0.564. The summed E-state index contributed by atoms with van der Waals surface area (Å²) in [6.45, 7) is 11.0. The van der Waals surface area contributed by atoms with Gasteiger partial charge in [0.25, 0.3) is 0 Å². The van der Waals surface area contributed by atoms with Gasteiger partial charge in [-0.1, -0.05) is 39.0 Å². The lowest BCUT2D eigenvalue weighted by Crippen LogP contribution is -2.49. The number of hydrogen-bond donors (Lipinski definition) is 1. The van der Waals surface area contributed by atoms with Crippen LogP contribution in [0.4, 0.5) is 4.79 Å². The third-order valence-electron chi connectivity index (χ3n) is 11.5. The normalized spacial score (nSPS) is 27.7. The van der Waals surface area contributed by atoms with Gasteiger partial charge in [0.05, 0.1) is 45.2 Å². The van der Waals surface area contributed by atoms with Crippen molar-refractivity contribution in [2.45, 2.75) is 103 Å². The highest BCUT2D eigenvalue weighted by Gasteiger charge is 2.62. The van der Waals surface area contributed by atoms with Crippen LogP contribution in [0, 0.1) is 31.1 Å². The predicted molar refractivity (Wildman–Crippen MR) is 202 cm³/mol. The Kier molecular flexibility index (Phi) is 9.73. The molecule has 278 valence electrons. The molecule has 3 amide bonds. The number of thiazole rings is 1. The molecule has 11 nitrogen and oxygen atoms in total. The predicted octanol–water partition coefficient (Wildman–Crippen LogP) is 6.53. The number of nitrogens with zero attached hydrogens (tertiary/aromatic N) is 4. The fourth-order valence-electron chi connectivity index (χ4n) is 7.76. The highest BCUT2D eigenvalue weighted by Crippen LogP contribution is 2.57. The second-order valence-electron chi connectivity index (χ2n) is 15.7. The van der Waals surface area contributed by atoms with E-state index in [0.29, 0.717) is 37.3 Å². The molecule has 2 aliphatic carbocycles. The van der Waals surface area contributed by atoms with Crippen LogP contribution in [0.2, 0.25) is 0 Å². The van der Waals surface area contributed by atoms with Crippen molar-refractivity contribution in [2.75, 3.05) is 20.1 Å². The van der Waals surface area contributed by atoms with Crippen LogP contribution in [0.1, 0.15) is 87.8 Å². The second-order valence-corrected chi connectivity index (χ2v) is 18.5. The van der Waals surface area contributed by atoms with Crippen LogP contribution in [-0.2, 0) is 19.6 Å². The Bertz CT molecular complexity index is 2060. The van der Waals surface area contributed by atoms with E-state index in [0.717, 1.165) is 52.0 Å². The number of carbonyl (C=O) groups is 3. The quantitative estimate of drug-likeness (QED) is 0.269. The van der Waals surface area contributed by atoms with Crippen LogP contribution in [0.15, 0.2) is 35.7 Å². The average molecular weight is 748 g/mol. The first-order valence-electron chi connectivity index (χ1n) is 18.5. The van der Waals surface area contributed by atoms with E-state index < -0.39 is 44.7 Å². The summed E-state index contributed by atoms with van der Waals surface area (Å²) in [4.78, 5) is 55.6. The first-order chi connectivity index (χ1) is 24.7. The summed E-state index contributed by atoms with van der Waals surface area (Å²) in [6.07, 6.45) is 7.14. The molecule has 3 fully saturated rings. The number of hydrogen-bond acceptors (Lipinski definition) is 9. The number of allylic oxidation sites excluding steroid dienone is 2. The van der Waals surface area contributed by atoms with Crippen LogP contribution in [0.5, 0.6) is 5.75 Å². The molecule has 2 aliphatic heterocycles. The van der Waals surface area contributed by atoms with E-state index in [4.69, 9.17) is 14.7 Å². The van der Waals surface area contributed by atoms with Crippen molar-refractivity contribution in [1.82, 2.24) is 24.5 Å². The van der Waals surface area contributed by atoms with Gasteiger partial charge in [-0.2, -0.15) is 0 Å². The number of Topliss-reactive ketones (excluding diaryl/α,β-unsaturated/α-hetero) is 1. The van der Waals surface area contributed by atoms with Crippen molar-refractivity contribution < 1.29 is 27.5 Å². The molecule has 1 saturated heterocycles. The molecule has 7 rings (SSSR count). The summed E-state index contributed by atoms with van der Waals surface area (Å²) in [5.41, 5.74) is 3.23. The maximum Gasteiger partial charge on any atom is 0.320 e. The van der Waals surface area contributed by atoms with Gasteiger partial charge in [0.15, 0.2) is 5.78 Å². The fourth-order valence-corrected chi connectivity index (χ4v) is 9.97. The first kappa shape index (κ1) is 36.5. The number of amides is 3. The van der Waals surface area contributed by atoms with E-state index in [-0.39, 0.29) is 36.6 Å². The zero-order chi connectivity index (χ0) is 37.1. The Hall–Kier alpha value is -3.84. The largest absolute Gasteiger partial charge is 0.487 e. The Morgan fingerprint density at radius 2 is 1.88 bits per heavy atom. The van der Waals surface area contributed by atoms with Crippen molar-refractivity contribution in [2.24, 2.45) is 17.3 Å². The van der Waals surface area contributed by atoms with Gasteiger partial charge in [0.2, 0.25) is 15.9 Å². The minimum atomic E-state index is -3.80. The summed E-state index contributed by atoms with van der Waals surface area (Å²) >= 11 is 1.60. The number of benzene rings is 1. The standard InChI is InChI=1S/C39H49N5O6S2/c1-22(2)36-41-30(21-51-36)29-17-32(28-15-12-23(3)24(4)34(28)40-29)50-33-20-44-35(25(33)5)31(45)19-39(37(46)42-52(48,49)27-13-14-27)18-26(39)11-9-7-8-10-16-43(6)38(44)47/h9,11-12,15,17,21-22,25-27,33,35H,7-8,10,13-14,16,18-20H2,1-6H3,(H,42,46)/b11-9-/t25-,26-,33+,35+,39-/m1/s1. The van der Waals surface area contributed by atoms with E-state index >= 15 is 0 Å². The molecule has 1 aromatic carbocycles. The summed E-state index contributed by atoms with van der Waals surface area (Å²) in [5, 5.41) is 3.31. The van der Waals surface area contributed by atoms with Crippen LogP contribution < -0.4 is 9.46 Å². The number of ether oxygens (including phenoxy) is 1. The van der Waals surface area contributed by atoms with Crippen molar-refractivity contribution in [3.63, 3.8) is 0 Å². The van der Waals surface area contributed by atoms with E-state index in [9.17, 15) is 22.8 Å². The Labute approximate surface area is 310 Å². The first-order valence-corrected chi connectivity index (χ1v) is 20.9. The summed E-state index contributed by atoms with van der Waals surface area (Å²) in [7, 11) is -2.04. The monoisotopic (exact) mass is 747 g/mol.